The molecule has 7 heteroatoms. The second-order valence-electron chi connectivity index (χ2n) is 5.98. The maximum atomic E-state index is 12.9. The Hall–Kier alpha value is -1.18. The van der Waals surface area contributed by atoms with Crippen LogP contribution in [-0.2, 0) is 10.0 Å². The third-order valence-corrected chi connectivity index (χ3v) is 6.56. The first-order chi connectivity index (χ1) is 10.00. The van der Waals surface area contributed by atoms with Gasteiger partial charge in [0.05, 0.1) is 5.69 Å². The van der Waals surface area contributed by atoms with Gasteiger partial charge in [-0.25, -0.2) is 8.42 Å². The number of fused-ring (bicyclic) bond motifs is 1. The predicted octanol–water partition coefficient (Wildman–Crippen LogP) is 0.911. The minimum absolute atomic E-state index is 0.0380. The van der Waals surface area contributed by atoms with Gasteiger partial charge in [-0.05, 0) is 32.4 Å². The number of pyridine rings is 1. The zero-order chi connectivity index (χ0) is 15.0. The molecule has 2 aliphatic rings. The van der Waals surface area contributed by atoms with Crippen LogP contribution in [0.2, 0.25) is 0 Å². The molecule has 2 fully saturated rings. The molecular formula is C14H22N4O2S. The fraction of sp³-hybridized carbons (Fsp3) is 0.643. The van der Waals surface area contributed by atoms with E-state index in [4.69, 9.17) is 5.73 Å². The third kappa shape index (κ3) is 2.65. The van der Waals surface area contributed by atoms with E-state index in [-0.39, 0.29) is 16.6 Å². The van der Waals surface area contributed by atoms with E-state index in [0.717, 1.165) is 19.5 Å². The van der Waals surface area contributed by atoms with Crippen molar-refractivity contribution in [2.24, 2.45) is 0 Å². The van der Waals surface area contributed by atoms with Crippen LogP contribution in [0.4, 0.5) is 5.69 Å². The van der Waals surface area contributed by atoms with Crippen LogP contribution >= 0.6 is 0 Å². The second-order valence-corrected chi connectivity index (χ2v) is 7.84. The summed E-state index contributed by atoms with van der Waals surface area (Å²) in [6.45, 7) is 4.40. The number of hydrogen-bond donors (Lipinski definition) is 1. The van der Waals surface area contributed by atoms with E-state index in [9.17, 15) is 8.42 Å². The maximum absolute atomic E-state index is 12.9. The molecule has 0 aromatic carbocycles. The summed E-state index contributed by atoms with van der Waals surface area (Å²) in [5.41, 5.74) is 6.10. The van der Waals surface area contributed by atoms with Gasteiger partial charge in [-0.2, -0.15) is 4.31 Å². The van der Waals surface area contributed by atoms with Crippen molar-refractivity contribution >= 4 is 15.7 Å². The van der Waals surface area contributed by atoms with Gasteiger partial charge in [0.1, 0.15) is 4.90 Å². The molecule has 2 atom stereocenters. The number of piperazine rings is 1. The lowest BCUT2D eigenvalue weighted by Crippen LogP contribution is -2.59. The molecule has 3 heterocycles. The lowest BCUT2D eigenvalue weighted by molar-refractivity contribution is 0.0564. The normalized spacial score (nSPS) is 28.2. The van der Waals surface area contributed by atoms with Crippen LogP contribution in [0.1, 0.15) is 26.2 Å². The molecule has 21 heavy (non-hydrogen) atoms. The van der Waals surface area contributed by atoms with E-state index >= 15 is 0 Å². The van der Waals surface area contributed by atoms with Gasteiger partial charge < -0.3 is 5.73 Å². The standard InChI is InChI=1S/C14H22N4O2S/c1-11-9-17-7-3-2-4-12(17)10-18(11)21(19,20)14-8-16-6-5-13(14)15/h5-6,8,11-12H,2-4,7,9-10H2,1H3,(H2,15,16). The van der Waals surface area contributed by atoms with E-state index in [1.807, 2.05) is 6.92 Å². The van der Waals surface area contributed by atoms with Crippen molar-refractivity contribution in [3.05, 3.63) is 18.5 Å². The number of piperidine rings is 1. The first kappa shape index (κ1) is 14.7. The van der Waals surface area contributed by atoms with Gasteiger partial charge in [0.25, 0.3) is 0 Å². The summed E-state index contributed by atoms with van der Waals surface area (Å²) in [7, 11) is -3.57. The Bertz CT molecular complexity index is 619. The third-order valence-electron chi connectivity index (χ3n) is 4.53. The Morgan fingerprint density at radius 1 is 1.33 bits per heavy atom. The zero-order valence-electron chi connectivity index (χ0n) is 12.3. The number of nitrogens with two attached hydrogens (primary N) is 1. The number of hydrogen-bond acceptors (Lipinski definition) is 5. The molecule has 2 N–H and O–H groups in total. The summed E-state index contributed by atoms with van der Waals surface area (Å²) in [5.74, 6) is 0. The average molecular weight is 310 g/mol. The fourth-order valence-corrected chi connectivity index (χ4v) is 5.11. The number of nitrogen functional groups attached to an aromatic ring is 1. The summed E-state index contributed by atoms with van der Waals surface area (Å²) in [4.78, 5) is 6.47. The lowest BCUT2D eigenvalue weighted by atomic mass is 9.99. The van der Waals surface area contributed by atoms with Crippen LogP contribution in [0.25, 0.3) is 0 Å². The van der Waals surface area contributed by atoms with Crippen LogP contribution in [-0.4, -0.2) is 54.3 Å². The average Bonchev–Trinajstić information content (AvgIpc) is 2.46. The molecule has 0 bridgehead atoms. The Balaban J connectivity index is 1.90. The van der Waals surface area contributed by atoms with E-state index in [1.54, 1.807) is 4.31 Å². The van der Waals surface area contributed by atoms with Gasteiger partial charge in [0.2, 0.25) is 10.0 Å². The molecule has 3 rings (SSSR count). The smallest absolute Gasteiger partial charge is 0.247 e. The molecule has 2 unspecified atom stereocenters. The first-order valence-electron chi connectivity index (χ1n) is 7.45. The van der Waals surface area contributed by atoms with Crippen LogP contribution in [0.15, 0.2) is 23.4 Å². The van der Waals surface area contributed by atoms with E-state index in [1.165, 1.54) is 31.3 Å². The van der Waals surface area contributed by atoms with Gasteiger partial charge in [-0.1, -0.05) is 6.42 Å². The Labute approximate surface area is 126 Å². The van der Waals surface area contributed by atoms with Crippen molar-refractivity contribution in [3.8, 4) is 0 Å². The topological polar surface area (TPSA) is 79.5 Å². The first-order valence-corrected chi connectivity index (χ1v) is 8.89. The highest BCUT2D eigenvalue weighted by atomic mass is 32.2. The zero-order valence-corrected chi connectivity index (χ0v) is 13.1. The number of rotatable bonds is 2. The molecule has 0 aliphatic carbocycles. The van der Waals surface area contributed by atoms with Crippen molar-refractivity contribution in [2.45, 2.75) is 43.2 Å². The van der Waals surface area contributed by atoms with Crippen molar-refractivity contribution in [1.29, 1.82) is 0 Å². The lowest BCUT2D eigenvalue weighted by Gasteiger charge is -2.46. The van der Waals surface area contributed by atoms with Gasteiger partial charge in [-0.3, -0.25) is 9.88 Å². The van der Waals surface area contributed by atoms with Crippen molar-refractivity contribution in [2.75, 3.05) is 25.4 Å². The van der Waals surface area contributed by atoms with Gasteiger partial charge in [0, 0.05) is 37.6 Å². The Kier molecular flexibility index (Phi) is 3.90. The predicted molar refractivity (Wildman–Crippen MR) is 81.2 cm³/mol. The summed E-state index contributed by atoms with van der Waals surface area (Å²) in [5, 5.41) is 0. The molecule has 0 saturated carbocycles. The van der Waals surface area contributed by atoms with Crippen molar-refractivity contribution < 1.29 is 8.42 Å². The number of nitrogens with zero attached hydrogens (tertiary/aromatic N) is 3. The maximum Gasteiger partial charge on any atom is 0.247 e. The summed E-state index contributed by atoms with van der Waals surface area (Å²) < 4.78 is 27.4. The number of sulfonamides is 1. The molecule has 1 aromatic heterocycles. The molecule has 2 aliphatic heterocycles. The molecule has 116 valence electrons. The summed E-state index contributed by atoms with van der Waals surface area (Å²) >= 11 is 0. The highest BCUT2D eigenvalue weighted by molar-refractivity contribution is 7.89. The SMILES string of the molecule is CC1CN2CCCCC2CN1S(=O)(=O)c1cnccc1N. The number of aromatic nitrogens is 1. The molecule has 0 radical (unpaired) electrons. The van der Waals surface area contributed by atoms with Crippen molar-refractivity contribution in [1.82, 2.24) is 14.2 Å². The fourth-order valence-electron chi connectivity index (χ4n) is 3.39. The summed E-state index contributed by atoms with van der Waals surface area (Å²) in [6, 6.07) is 1.83. The second kappa shape index (κ2) is 5.55. The molecule has 0 amide bonds. The van der Waals surface area contributed by atoms with Crippen LogP contribution in [0, 0.1) is 0 Å². The van der Waals surface area contributed by atoms with Gasteiger partial charge in [0.15, 0.2) is 0 Å². The molecular weight excluding hydrogens is 288 g/mol. The van der Waals surface area contributed by atoms with E-state index in [2.05, 4.69) is 9.88 Å². The van der Waals surface area contributed by atoms with Crippen LogP contribution in [0.3, 0.4) is 0 Å². The van der Waals surface area contributed by atoms with Gasteiger partial charge >= 0.3 is 0 Å². The summed E-state index contributed by atoms with van der Waals surface area (Å²) in [6.07, 6.45) is 6.33. The van der Waals surface area contributed by atoms with E-state index < -0.39 is 10.0 Å². The monoisotopic (exact) mass is 310 g/mol. The quantitative estimate of drug-likeness (QED) is 0.878. The molecule has 2 saturated heterocycles. The molecule has 1 aromatic rings. The molecule has 0 spiro atoms. The minimum Gasteiger partial charge on any atom is -0.398 e. The number of anilines is 1. The highest BCUT2D eigenvalue weighted by Crippen LogP contribution is 2.29. The molecule has 6 nitrogen and oxygen atoms in total. The van der Waals surface area contributed by atoms with Crippen LogP contribution in [0.5, 0.6) is 0 Å². The van der Waals surface area contributed by atoms with Gasteiger partial charge in [-0.15, -0.1) is 0 Å². The minimum atomic E-state index is -3.57. The van der Waals surface area contributed by atoms with Crippen LogP contribution < -0.4 is 5.73 Å². The van der Waals surface area contributed by atoms with E-state index in [0.29, 0.717) is 12.6 Å². The highest BCUT2D eigenvalue weighted by Gasteiger charge is 2.39. The Morgan fingerprint density at radius 2 is 2.14 bits per heavy atom. The Morgan fingerprint density at radius 3 is 2.90 bits per heavy atom. The van der Waals surface area contributed by atoms with Crippen molar-refractivity contribution in [3.63, 3.8) is 0 Å². The largest absolute Gasteiger partial charge is 0.398 e.